The number of nitrogens with one attached hydrogen (secondary N) is 1. The van der Waals surface area contributed by atoms with Crippen molar-refractivity contribution in [1.29, 1.82) is 0 Å². The Morgan fingerprint density at radius 1 is 1.09 bits per heavy atom. The summed E-state index contributed by atoms with van der Waals surface area (Å²) in [6.07, 6.45) is 0.471. The molecule has 0 saturated carbocycles. The van der Waals surface area contributed by atoms with Gasteiger partial charge in [-0.15, -0.1) is 0 Å². The number of benzene rings is 2. The van der Waals surface area contributed by atoms with Crippen molar-refractivity contribution < 1.29 is 9.90 Å². The van der Waals surface area contributed by atoms with Crippen LogP contribution in [0.15, 0.2) is 54.6 Å². The standard InChI is InChI=1S/C19H24N2O2/c1-14(15-7-9-17(10-8-15)19(20)23)11-12-21-13-18(22)16-5-3-2-4-6-16/h2-10,14,18,21-22H,11-13H2,1H3,(H2,20,23)/t14?,18-/m1/s1. The Morgan fingerprint density at radius 2 is 1.74 bits per heavy atom. The van der Waals surface area contributed by atoms with Crippen molar-refractivity contribution in [1.82, 2.24) is 5.32 Å². The third-order valence-corrected chi connectivity index (χ3v) is 4.04. The smallest absolute Gasteiger partial charge is 0.248 e. The van der Waals surface area contributed by atoms with E-state index in [4.69, 9.17) is 5.73 Å². The molecule has 0 aliphatic heterocycles. The third-order valence-electron chi connectivity index (χ3n) is 4.04. The number of aliphatic hydroxyl groups excluding tert-OH is 1. The summed E-state index contributed by atoms with van der Waals surface area (Å²) in [5.41, 5.74) is 7.88. The lowest BCUT2D eigenvalue weighted by molar-refractivity contribution is 0.1000. The van der Waals surface area contributed by atoms with Gasteiger partial charge in [0.05, 0.1) is 6.10 Å². The molecule has 2 aromatic carbocycles. The van der Waals surface area contributed by atoms with E-state index in [1.165, 1.54) is 5.56 Å². The van der Waals surface area contributed by atoms with Crippen molar-refractivity contribution in [3.05, 3.63) is 71.3 Å². The van der Waals surface area contributed by atoms with Gasteiger partial charge in [0.15, 0.2) is 0 Å². The lowest BCUT2D eigenvalue weighted by Gasteiger charge is -2.15. The summed E-state index contributed by atoms with van der Waals surface area (Å²) < 4.78 is 0. The van der Waals surface area contributed by atoms with Gasteiger partial charge in [-0.25, -0.2) is 0 Å². The highest BCUT2D eigenvalue weighted by Crippen LogP contribution is 2.19. The molecule has 4 heteroatoms. The first-order valence-electron chi connectivity index (χ1n) is 7.91. The first kappa shape index (κ1) is 17.2. The Labute approximate surface area is 137 Å². The van der Waals surface area contributed by atoms with Crippen LogP contribution in [-0.2, 0) is 0 Å². The number of hydrogen-bond acceptors (Lipinski definition) is 3. The summed E-state index contributed by atoms with van der Waals surface area (Å²) in [5.74, 6) is -0.0286. The van der Waals surface area contributed by atoms with Gasteiger partial charge in [-0.3, -0.25) is 4.79 Å². The van der Waals surface area contributed by atoms with E-state index in [1.807, 2.05) is 42.5 Å². The van der Waals surface area contributed by atoms with Crippen LogP contribution >= 0.6 is 0 Å². The molecule has 0 bridgehead atoms. The fourth-order valence-electron chi connectivity index (χ4n) is 2.49. The van der Waals surface area contributed by atoms with Gasteiger partial charge in [0.2, 0.25) is 5.91 Å². The van der Waals surface area contributed by atoms with Gasteiger partial charge in [-0.05, 0) is 42.1 Å². The molecule has 2 aromatic rings. The zero-order chi connectivity index (χ0) is 16.7. The molecule has 0 saturated heterocycles. The molecule has 4 nitrogen and oxygen atoms in total. The lowest BCUT2D eigenvalue weighted by atomic mass is 9.96. The van der Waals surface area contributed by atoms with Gasteiger partial charge in [0.1, 0.15) is 0 Å². The van der Waals surface area contributed by atoms with Crippen LogP contribution in [0.25, 0.3) is 0 Å². The zero-order valence-corrected chi connectivity index (χ0v) is 13.4. The quantitative estimate of drug-likeness (QED) is 0.656. The molecule has 2 atom stereocenters. The van der Waals surface area contributed by atoms with Crippen molar-refractivity contribution in [3.8, 4) is 0 Å². The molecule has 1 unspecified atom stereocenters. The molecule has 2 rings (SSSR count). The van der Waals surface area contributed by atoms with Gasteiger partial charge in [0, 0.05) is 12.1 Å². The van der Waals surface area contributed by atoms with Crippen LogP contribution in [0.4, 0.5) is 0 Å². The fraction of sp³-hybridized carbons (Fsp3) is 0.316. The molecule has 4 N–H and O–H groups in total. The van der Waals surface area contributed by atoms with E-state index in [1.54, 1.807) is 12.1 Å². The SMILES string of the molecule is CC(CCNC[C@@H](O)c1ccccc1)c1ccc(C(N)=O)cc1. The van der Waals surface area contributed by atoms with E-state index < -0.39 is 12.0 Å². The maximum absolute atomic E-state index is 11.1. The van der Waals surface area contributed by atoms with E-state index >= 15 is 0 Å². The monoisotopic (exact) mass is 312 g/mol. The van der Waals surface area contributed by atoms with E-state index in [0.29, 0.717) is 18.0 Å². The first-order valence-corrected chi connectivity index (χ1v) is 7.91. The molecule has 23 heavy (non-hydrogen) atoms. The number of rotatable bonds is 8. The second-order valence-corrected chi connectivity index (χ2v) is 5.81. The minimum Gasteiger partial charge on any atom is -0.387 e. The van der Waals surface area contributed by atoms with Gasteiger partial charge >= 0.3 is 0 Å². The minimum absolute atomic E-state index is 0.373. The Morgan fingerprint density at radius 3 is 2.35 bits per heavy atom. The largest absolute Gasteiger partial charge is 0.387 e. The van der Waals surface area contributed by atoms with Crippen LogP contribution in [0, 0.1) is 0 Å². The van der Waals surface area contributed by atoms with Crippen LogP contribution in [0.3, 0.4) is 0 Å². The van der Waals surface area contributed by atoms with Crippen LogP contribution < -0.4 is 11.1 Å². The van der Waals surface area contributed by atoms with E-state index in [9.17, 15) is 9.90 Å². The van der Waals surface area contributed by atoms with Crippen molar-refractivity contribution >= 4 is 5.91 Å². The maximum Gasteiger partial charge on any atom is 0.248 e. The van der Waals surface area contributed by atoms with E-state index in [-0.39, 0.29) is 0 Å². The zero-order valence-electron chi connectivity index (χ0n) is 13.4. The van der Waals surface area contributed by atoms with Crippen molar-refractivity contribution in [3.63, 3.8) is 0 Å². The number of hydrogen-bond donors (Lipinski definition) is 3. The summed E-state index contributed by atoms with van der Waals surface area (Å²) in [4.78, 5) is 11.1. The third kappa shape index (κ3) is 5.20. The molecular formula is C19H24N2O2. The summed E-state index contributed by atoms with van der Waals surface area (Å²) in [5, 5.41) is 13.4. The van der Waals surface area contributed by atoms with Crippen LogP contribution in [0.1, 0.15) is 46.9 Å². The molecular weight excluding hydrogens is 288 g/mol. The first-order chi connectivity index (χ1) is 11.1. The number of nitrogens with two attached hydrogens (primary N) is 1. The molecule has 1 amide bonds. The average molecular weight is 312 g/mol. The second-order valence-electron chi connectivity index (χ2n) is 5.81. The number of aliphatic hydroxyl groups is 1. The van der Waals surface area contributed by atoms with Crippen molar-refractivity contribution in [2.75, 3.05) is 13.1 Å². The average Bonchev–Trinajstić information content (AvgIpc) is 2.59. The molecule has 0 spiro atoms. The second kappa shape index (κ2) is 8.46. The van der Waals surface area contributed by atoms with Gasteiger partial charge in [0.25, 0.3) is 0 Å². The predicted molar refractivity (Wildman–Crippen MR) is 92.3 cm³/mol. The summed E-state index contributed by atoms with van der Waals surface area (Å²) in [6, 6.07) is 17.1. The number of primary amides is 1. The lowest BCUT2D eigenvalue weighted by Crippen LogP contribution is -2.23. The summed E-state index contributed by atoms with van der Waals surface area (Å²) in [7, 11) is 0. The van der Waals surface area contributed by atoms with Gasteiger partial charge in [-0.1, -0.05) is 49.4 Å². The highest BCUT2D eigenvalue weighted by atomic mass is 16.3. The molecule has 0 fully saturated rings. The van der Waals surface area contributed by atoms with Gasteiger partial charge < -0.3 is 16.2 Å². The molecule has 0 heterocycles. The van der Waals surface area contributed by atoms with Crippen LogP contribution in [0.5, 0.6) is 0 Å². The molecule has 0 aliphatic rings. The highest BCUT2D eigenvalue weighted by Gasteiger charge is 2.09. The predicted octanol–water partition coefficient (Wildman–Crippen LogP) is 2.60. The summed E-state index contributed by atoms with van der Waals surface area (Å²) >= 11 is 0. The van der Waals surface area contributed by atoms with Crippen LogP contribution in [-0.4, -0.2) is 24.1 Å². The maximum atomic E-state index is 11.1. The molecule has 0 aliphatic carbocycles. The Hall–Kier alpha value is -2.17. The van der Waals surface area contributed by atoms with Crippen LogP contribution in [0.2, 0.25) is 0 Å². The van der Waals surface area contributed by atoms with Crippen molar-refractivity contribution in [2.45, 2.75) is 25.4 Å². The Balaban J connectivity index is 1.74. The molecule has 122 valence electrons. The molecule has 0 radical (unpaired) electrons. The molecule has 0 aromatic heterocycles. The number of carbonyl (C=O) groups excluding carboxylic acids is 1. The van der Waals surface area contributed by atoms with Crippen molar-refractivity contribution in [2.24, 2.45) is 5.73 Å². The number of carbonyl (C=O) groups is 1. The Bertz CT molecular complexity index is 611. The van der Waals surface area contributed by atoms with E-state index in [0.717, 1.165) is 18.5 Å². The van der Waals surface area contributed by atoms with Gasteiger partial charge in [-0.2, -0.15) is 0 Å². The minimum atomic E-state index is -0.485. The normalized spacial score (nSPS) is 13.5. The summed E-state index contributed by atoms with van der Waals surface area (Å²) in [6.45, 7) is 3.51. The highest BCUT2D eigenvalue weighted by molar-refractivity contribution is 5.92. The fourth-order valence-corrected chi connectivity index (χ4v) is 2.49. The Kier molecular flexibility index (Phi) is 6.32. The number of amides is 1. The van der Waals surface area contributed by atoms with E-state index in [2.05, 4.69) is 12.2 Å². The topological polar surface area (TPSA) is 75.3 Å².